The van der Waals surface area contributed by atoms with E-state index in [1.165, 1.54) is 12.1 Å². The first kappa shape index (κ1) is 13.1. The lowest BCUT2D eigenvalue weighted by Gasteiger charge is -2.22. The summed E-state index contributed by atoms with van der Waals surface area (Å²) in [5, 5.41) is 0. The molecule has 0 bridgehead atoms. The van der Waals surface area contributed by atoms with E-state index < -0.39 is 0 Å². The summed E-state index contributed by atoms with van der Waals surface area (Å²) in [5.41, 5.74) is 7.43. The van der Waals surface area contributed by atoms with Gasteiger partial charge in [0.2, 0.25) is 0 Å². The molecule has 0 unspecified atom stereocenters. The van der Waals surface area contributed by atoms with Crippen molar-refractivity contribution < 1.29 is 4.39 Å². The molecule has 3 nitrogen and oxygen atoms in total. The van der Waals surface area contributed by atoms with Crippen LogP contribution in [0.4, 0.5) is 10.2 Å². The highest BCUT2D eigenvalue weighted by atomic mass is 79.9. The standard InChI is InChI=1S/C13H15BrFN3/c1-13(2,3)18-7-17-11(12(18)16)9-5-4-8(15)6-10(9)14/h4-7H,16H2,1-3H3. The molecule has 0 saturated heterocycles. The molecule has 0 fully saturated rings. The molecule has 2 aromatic rings. The Morgan fingerprint density at radius 1 is 1.33 bits per heavy atom. The summed E-state index contributed by atoms with van der Waals surface area (Å²) < 4.78 is 15.6. The third kappa shape index (κ3) is 2.27. The molecule has 0 aliphatic heterocycles. The van der Waals surface area contributed by atoms with E-state index in [4.69, 9.17) is 5.73 Å². The highest BCUT2D eigenvalue weighted by Gasteiger charge is 2.20. The van der Waals surface area contributed by atoms with Gasteiger partial charge in [-0.3, -0.25) is 0 Å². The number of rotatable bonds is 1. The van der Waals surface area contributed by atoms with Gasteiger partial charge in [0.25, 0.3) is 0 Å². The molecule has 0 atom stereocenters. The lowest BCUT2D eigenvalue weighted by atomic mass is 10.1. The van der Waals surface area contributed by atoms with E-state index >= 15 is 0 Å². The van der Waals surface area contributed by atoms with Crippen molar-refractivity contribution in [3.8, 4) is 11.3 Å². The molecule has 0 aliphatic carbocycles. The average molecular weight is 312 g/mol. The van der Waals surface area contributed by atoms with Gasteiger partial charge in [0.05, 0.1) is 6.33 Å². The Kier molecular flexibility index (Phi) is 3.19. The minimum Gasteiger partial charge on any atom is -0.383 e. The Morgan fingerprint density at radius 3 is 2.50 bits per heavy atom. The Morgan fingerprint density at radius 2 is 2.00 bits per heavy atom. The Hall–Kier alpha value is -1.36. The van der Waals surface area contributed by atoms with Crippen LogP contribution in [0.25, 0.3) is 11.3 Å². The van der Waals surface area contributed by atoms with Crippen molar-refractivity contribution >= 4 is 21.7 Å². The molecule has 5 heteroatoms. The second-order valence-corrected chi connectivity index (χ2v) is 6.00. The van der Waals surface area contributed by atoms with E-state index in [2.05, 4.69) is 41.7 Å². The third-order valence-corrected chi connectivity index (χ3v) is 3.37. The normalized spacial score (nSPS) is 11.8. The number of hydrogen-bond acceptors (Lipinski definition) is 2. The molecule has 0 spiro atoms. The van der Waals surface area contributed by atoms with Crippen LogP contribution in [0, 0.1) is 5.82 Å². The molecule has 0 amide bonds. The van der Waals surface area contributed by atoms with E-state index in [0.29, 0.717) is 16.0 Å². The summed E-state index contributed by atoms with van der Waals surface area (Å²) in [6.45, 7) is 6.15. The summed E-state index contributed by atoms with van der Waals surface area (Å²) in [7, 11) is 0. The van der Waals surface area contributed by atoms with Crippen molar-refractivity contribution in [1.82, 2.24) is 9.55 Å². The molecule has 2 rings (SSSR count). The van der Waals surface area contributed by atoms with Crippen molar-refractivity contribution in [1.29, 1.82) is 0 Å². The Bertz CT molecular complexity index is 584. The fourth-order valence-electron chi connectivity index (χ4n) is 1.78. The minimum atomic E-state index is -0.292. The van der Waals surface area contributed by atoms with Gasteiger partial charge < -0.3 is 10.3 Å². The molecule has 2 N–H and O–H groups in total. The number of imidazole rings is 1. The molecule has 0 radical (unpaired) electrons. The first-order chi connectivity index (χ1) is 8.30. The monoisotopic (exact) mass is 311 g/mol. The van der Waals surface area contributed by atoms with Gasteiger partial charge in [-0.1, -0.05) is 0 Å². The molecule has 18 heavy (non-hydrogen) atoms. The molecule has 1 heterocycles. The van der Waals surface area contributed by atoms with E-state index in [1.807, 2.05) is 4.57 Å². The maximum absolute atomic E-state index is 13.1. The Balaban J connectivity index is 2.56. The zero-order valence-electron chi connectivity index (χ0n) is 10.5. The number of nitrogens with two attached hydrogens (primary N) is 1. The summed E-state index contributed by atoms with van der Waals surface area (Å²) in [6.07, 6.45) is 1.71. The van der Waals surface area contributed by atoms with Gasteiger partial charge in [-0.2, -0.15) is 0 Å². The predicted octanol–water partition coefficient (Wildman–Crippen LogP) is 3.79. The SMILES string of the molecule is CC(C)(C)n1cnc(-c2ccc(F)cc2Br)c1N. The number of nitrogens with zero attached hydrogens (tertiary/aromatic N) is 2. The topological polar surface area (TPSA) is 43.8 Å². The number of anilines is 1. The van der Waals surface area contributed by atoms with Crippen LogP contribution in [-0.2, 0) is 5.54 Å². The average Bonchev–Trinajstić information content (AvgIpc) is 2.60. The predicted molar refractivity (Wildman–Crippen MR) is 74.7 cm³/mol. The molecular weight excluding hydrogens is 297 g/mol. The van der Waals surface area contributed by atoms with Gasteiger partial charge in [0.15, 0.2) is 0 Å². The highest BCUT2D eigenvalue weighted by molar-refractivity contribution is 9.10. The third-order valence-electron chi connectivity index (χ3n) is 2.71. The van der Waals surface area contributed by atoms with Crippen molar-refractivity contribution in [2.24, 2.45) is 0 Å². The maximum Gasteiger partial charge on any atom is 0.132 e. The van der Waals surface area contributed by atoms with E-state index in [9.17, 15) is 4.39 Å². The van der Waals surface area contributed by atoms with Crippen LogP contribution in [0.3, 0.4) is 0 Å². The van der Waals surface area contributed by atoms with E-state index in [-0.39, 0.29) is 11.4 Å². The van der Waals surface area contributed by atoms with Gasteiger partial charge in [0.1, 0.15) is 17.3 Å². The summed E-state index contributed by atoms with van der Waals surface area (Å²) in [4.78, 5) is 4.33. The number of nitrogen functional groups attached to an aromatic ring is 1. The van der Waals surface area contributed by atoms with Crippen LogP contribution in [-0.4, -0.2) is 9.55 Å². The van der Waals surface area contributed by atoms with Crippen LogP contribution >= 0.6 is 15.9 Å². The lowest BCUT2D eigenvalue weighted by Crippen LogP contribution is -2.22. The second kappa shape index (κ2) is 4.39. The number of halogens is 2. The van der Waals surface area contributed by atoms with Gasteiger partial charge >= 0.3 is 0 Å². The maximum atomic E-state index is 13.1. The zero-order valence-corrected chi connectivity index (χ0v) is 12.1. The van der Waals surface area contributed by atoms with Gasteiger partial charge in [-0.25, -0.2) is 9.37 Å². The van der Waals surface area contributed by atoms with Crippen LogP contribution in [0.5, 0.6) is 0 Å². The molecule has 1 aromatic carbocycles. The van der Waals surface area contributed by atoms with Crippen molar-refractivity contribution in [2.45, 2.75) is 26.3 Å². The molecule has 0 saturated carbocycles. The van der Waals surface area contributed by atoms with E-state index in [1.54, 1.807) is 12.4 Å². The van der Waals surface area contributed by atoms with Gasteiger partial charge in [-0.15, -0.1) is 0 Å². The second-order valence-electron chi connectivity index (χ2n) is 5.14. The van der Waals surface area contributed by atoms with Crippen molar-refractivity contribution in [3.63, 3.8) is 0 Å². The number of aromatic nitrogens is 2. The summed E-state index contributed by atoms with van der Waals surface area (Å²) in [6, 6.07) is 4.48. The number of benzene rings is 1. The first-order valence-electron chi connectivity index (χ1n) is 5.59. The summed E-state index contributed by atoms with van der Waals surface area (Å²) >= 11 is 3.33. The zero-order chi connectivity index (χ0) is 13.5. The smallest absolute Gasteiger partial charge is 0.132 e. The van der Waals surface area contributed by atoms with Gasteiger partial charge in [0, 0.05) is 15.6 Å². The summed E-state index contributed by atoms with van der Waals surface area (Å²) in [5.74, 6) is 0.286. The van der Waals surface area contributed by atoms with E-state index in [0.717, 1.165) is 5.56 Å². The fraction of sp³-hybridized carbons (Fsp3) is 0.308. The number of hydrogen-bond donors (Lipinski definition) is 1. The van der Waals surface area contributed by atoms with Crippen LogP contribution in [0.1, 0.15) is 20.8 Å². The first-order valence-corrected chi connectivity index (χ1v) is 6.38. The molecular formula is C13H15BrFN3. The van der Waals surface area contributed by atoms with Crippen LogP contribution in [0.15, 0.2) is 29.0 Å². The molecule has 0 aliphatic rings. The fourth-order valence-corrected chi connectivity index (χ4v) is 2.32. The van der Waals surface area contributed by atoms with Crippen LogP contribution < -0.4 is 5.73 Å². The molecule has 96 valence electrons. The molecule has 1 aromatic heterocycles. The van der Waals surface area contributed by atoms with Crippen molar-refractivity contribution in [3.05, 3.63) is 34.8 Å². The largest absolute Gasteiger partial charge is 0.383 e. The lowest BCUT2D eigenvalue weighted by molar-refractivity contribution is 0.402. The quantitative estimate of drug-likeness (QED) is 0.870. The Labute approximate surface area is 114 Å². The highest BCUT2D eigenvalue weighted by Crippen LogP contribution is 2.33. The van der Waals surface area contributed by atoms with Gasteiger partial charge in [-0.05, 0) is 54.9 Å². The van der Waals surface area contributed by atoms with Crippen LogP contribution in [0.2, 0.25) is 0 Å². The minimum absolute atomic E-state index is 0.137. The van der Waals surface area contributed by atoms with Crippen molar-refractivity contribution in [2.75, 3.05) is 5.73 Å².